The van der Waals surface area contributed by atoms with Crippen LogP contribution in [-0.2, 0) is 15.3 Å². The maximum atomic E-state index is 13.2. The molecule has 3 amide bonds. The van der Waals surface area contributed by atoms with Gasteiger partial charge in [0.15, 0.2) is 0 Å². The number of urea groups is 1. The van der Waals surface area contributed by atoms with E-state index in [2.05, 4.69) is 10.6 Å². The van der Waals surface area contributed by atoms with Gasteiger partial charge in [0, 0.05) is 31.0 Å². The highest BCUT2D eigenvalue weighted by Crippen LogP contribution is 2.40. The summed E-state index contributed by atoms with van der Waals surface area (Å²) in [5, 5.41) is 17.1. The lowest BCUT2D eigenvalue weighted by atomic mass is 9.94. The summed E-state index contributed by atoms with van der Waals surface area (Å²) >= 11 is 0. The number of para-hydroxylation sites is 1. The lowest BCUT2D eigenvalue weighted by Gasteiger charge is -2.42. The summed E-state index contributed by atoms with van der Waals surface area (Å²) in [6.45, 7) is 5.67. The molecule has 2 aromatic rings. The second-order valence-corrected chi connectivity index (χ2v) is 6.72. The van der Waals surface area contributed by atoms with Gasteiger partial charge in [0.05, 0.1) is 12.3 Å². The predicted octanol–water partition coefficient (Wildman–Crippen LogP) is 2.83. The van der Waals surface area contributed by atoms with Gasteiger partial charge in [0.2, 0.25) is 0 Å². The van der Waals surface area contributed by atoms with E-state index in [9.17, 15) is 14.7 Å². The standard InChI is InChI=1S/C22H27N3O5/c1-3-29-15-7-14-23-20(26)22(28)18-8-5-6-9-19(18)24-21(27)25(22)16-10-12-17(13-11-16)30-4-2/h5-6,8-13,28H,3-4,7,14-15H2,1-2H3,(H,23,26)(H,24,27)/t22-/m0/s1. The molecule has 0 unspecified atom stereocenters. The van der Waals surface area contributed by atoms with E-state index < -0.39 is 17.7 Å². The second kappa shape index (κ2) is 9.60. The Morgan fingerprint density at radius 1 is 1.13 bits per heavy atom. The minimum atomic E-state index is -2.21. The highest BCUT2D eigenvalue weighted by Gasteiger charge is 2.51. The van der Waals surface area contributed by atoms with Crippen LogP contribution in [0.2, 0.25) is 0 Å². The van der Waals surface area contributed by atoms with Crippen molar-refractivity contribution < 1.29 is 24.2 Å². The van der Waals surface area contributed by atoms with Crippen molar-refractivity contribution in [3.63, 3.8) is 0 Å². The molecular formula is C22H27N3O5. The van der Waals surface area contributed by atoms with E-state index in [0.29, 0.717) is 55.5 Å². The number of ether oxygens (including phenoxy) is 2. The van der Waals surface area contributed by atoms with Crippen LogP contribution in [-0.4, -0.2) is 43.4 Å². The molecule has 3 rings (SSSR count). The van der Waals surface area contributed by atoms with E-state index in [1.165, 1.54) is 0 Å². The van der Waals surface area contributed by atoms with Crippen LogP contribution in [0, 0.1) is 0 Å². The van der Waals surface area contributed by atoms with Gasteiger partial charge in [-0.2, -0.15) is 0 Å². The van der Waals surface area contributed by atoms with E-state index in [1.807, 2.05) is 13.8 Å². The molecule has 0 radical (unpaired) electrons. The molecule has 0 fully saturated rings. The van der Waals surface area contributed by atoms with E-state index >= 15 is 0 Å². The molecule has 1 aliphatic heterocycles. The SMILES string of the molecule is CCOCCCNC(=O)[C@@]1(O)c2ccccc2NC(=O)N1c1ccc(OCC)cc1. The number of carbonyl (C=O) groups excluding carboxylic acids is 2. The summed E-state index contributed by atoms with van der Waals surface area (Å²) in [5.74, 6) is -0.0573. The van der Waals surface area contributed by atoms with Crippen LogP contribution in [0.25, 0.3) is 0 Å². The number of benzene rings is 2. The van der Waals surface area contributed by atoms with E-state index in [4.69, 9.17) is 9.47 Å². The van der Waals surface area contributed by atoms with Gasteiger partial charge in [0.1, 0.15) is 5.75 Å². The van der Waals surface area contributed by atoms with Crippen molar-refractivity contribution in [1.29, 1.82) is 0 Å². The van der Waals surface area contributed by atoms with Gasteiger partial charge in [0.25, 0.3) is 11.6 Å². The lowest BCUT2D eigenvalue weighted by Crippen LogP contribution is -2.62. The molecule has 1 aliphatic rings. The monoisotopic (exact) mass is 413 g/mol. The minimum absolute atomic E-state index is 0.292. The van der Waals surface area contributed by atoms with Gasteiger partial charge in [-0.15, -0.1) is 0 Å². The fourth-order valence-electron chi connectivity index (χ4n) is 3.36. The van der Waals surface area contributed by atoms with Crippen LogP contribution in [0.15, 0.2) is 48.5 Å². The Morgan fingerprint density at radius 2 is 1.87 bits per heavy atom. The molecule has 0 aromatic heterocycles. The lowest BCUT2D eigenvalue weighted by molar-refractivity contribution is -0.140. The fourth-order valence-corrected chi connectivity index (χ4v) is 3.36. The first-order chi connectivity index (χ1) is 14.5. The number of fused-ring (bicyclic) bond motifs is 1. The molecule has 3 N–H and O–H groups in total. The van der Waals surface area contributed by atoms with E-state index in [0.717, 1.165) is 4.90 Å². The van der Waals surface area contributed by atoms with Crippen molar-refractivity contribution in [3.8, 4) is 5.75 Å². The Hall–Kier alpha value is -3.10. The molecular weight excluding hydrogens is 386 g/mol. The first-order valence-corrected chi connectivity index (χ1v) is 10.0. The molecule has 0 saturated carbocycles. The summed E-state index contributed by atoms with van der Waals surface area (Å²) in [5.41, 5.74) is -1.17. The molecule has 8 heteroatoms. The fraction of sp³-hybridized carbons (Fsp3) is 0.364. The maximum Gasteiger partial charge on any atom is 0.329 e. The smallest absolute Gasteiger partial charge is 0.329 e. The topological polar surface area (TPSA) is 100 Å². The van der Waals surface area contributed by atoms with Gasteiger partial charge >= 0.3 is 6.03 Å². The maximum absolute atomic E-state index is 13.2. The van der Waals surface area contributed by atoms with Gasteiger partial charge in [-0.3, -0.25) is 9.69 Å². The summed E-state index contributed by atoms with van der Waals surface area (Å²) in [7, 11) is 0. The first-order valence-electron chi connectivity index (χ1n) is 10.0. The number of hydrogen-bond acceptors (Lipinski definition) is 5. The van der Waals surface area contributed by atoms with Crippen LogP contribution >= 0.6 is 0 Å². The van der Waals surface area contributed by atoms with Gasteiger partial charge in [-0.05, 0) is 50.6 Å². The zero-order valence-corrected chi connectivity index (χ0v) is 17.2. The van der Waals surface area contributed by atoms with Crippen molar-refractivity contribution in [2.75, 3.05) is 36.6 Å². The Labute approximate surface area is 175 Å². The van der Waals surface area contributed by atoms with E-state index in [1.54, 1.807) is 48.5 Å². The third-order valence-corrected chi connectivity index (χ3v) is 4.75. The van der Waals surface area contributed by atoms with Crippen molar-refractivity contribution in [1.82, 2.24) is 5.32 Å². The summed E-state index contributed by atoms with van der Waals surface area (Å²) in [6, 6.07) is 12.7. The number of nitrogens with zero attached hydrogens (tertiary/aromatic N) is 1. The quantitative estimate of drug-likeness (QED) is 0.549. The number of anilines is 2. The summed E-state index contributed by atoms with van der Waals surface area (Å²) < 4.78 is 10.7. The number of nitrogens with one attached hydrogen (secondary N) is 2. The number of amides is 3. The van der Waals surface area contributed by atoms with E-state index in [-0.39, 0.29) is 0 Å². The second-order valence-electron chi connectivity index (χ2n) is 6.72. The highest BCUT2D eigenvalue weighted by molar-refractivity contribution is 6.11. The molecule has 0 spiro atoms. The molecule has 1 heterocycles. The molecule has 0 bridgehead atoms. The Bertz CT molecular complexity index is 887. The summed E-state index contributed by atoms with van der Waals surface area (Å²) in [6.07, 6.45) is 0.590. The molecule has 1 atom stereocenters. The third-order valence-electron chi connectivity index (χ3n) is 4.75. The van der Waals surface area contributed by atoms with Crippen molar-refractivity contribution >= 4 is 23.3 Å². The average molecular weight is 413 g/mol. The van der Waals surface area contributed by atoms with Gasteiger partial charge in [-0.25, -0.2) is 4.79 Å². The third kappa shape index (κ3) is 4.24. The minimum Gasteiger partial charge on any atom is -0.494 e. The van der Waals surface area contributed by atoms with Crippen LogP contribution < -0.4 is 20.3 Å². The molecule has 0 saturated heterocycles. The number of aliphatic hydroxyl groups is 1. The van der Waals surface area contributed by atoms with Crippen LogP contribution in [0.5, 0.6) is 5.75 Å². The summed E-state index contributed by atoms with van der Waals surface area (Å²) in [4.78, 5) is 27.2. The van der Waals surface area contributed by atoms with Crippen LogP contribution in [0.4, 0.5) is 16.2 Å². The molecule has 8 nitrogen and oxygen atoms in total. The Balaban J connectivity index is 1.94. The number of rotatable bonds is 9. The van der Waals surface area contributed by atoms with Crippen molar-refractivity contribution in [2.45, 2.75) is 26.0 Å². The number of hydrogen-bond donors (Lipinski definition) is 3. The average Bonchev–Trinajstić information content (AvgIpc) is 2.75. The first kappa shape index (κ1) is 21.6. The Morgan fingerprint density at radius 3 is 2.57 bits per heavy atom. The molecule has 2 aromatic carbocycles. The largest absolute Gasteiger partial charge is 0.494 e. The Kier molecular flexibility index (Phi) is 6.91. The normalized spacial score (nSPS) is 17.8. The zero-order valence-electron chi connectivity index (χ0n) is 17.2. The van der Waals surface area contributed by atoms with Gasteiger partial charge in [-0.1, -0.05) is 18.2 Å². The number of carbonyl (C=O) groups is 2. The van der Waals surface area contributed by atoms with Gasteiger partial charge < -0.3 is 25.2 Å². The molecule has 30 heavy (non-hydrogen) atoms. The van der Waals surface area contributed by atoms with Crippen LogP contribution in [0.3, 0.4) is 0 Å². The van der Waals surface area contributed by atoms with Crippen molar-refractivity contribution in [3.05, 3.63) is 54.1 Å². The molecule has 0 aliphatic carbocycles. The predicted molar refractivity (Wildman–Crippen MR) is 114 cm³/mol. The van der Waals surface area contributed by atoms with Crippen molar-refractivity contribution in [2.24, 2.45) is 0 Å². The zero-order chi connectivity index (χ0) is 21.6. The highest BCUT2D eigenvalue weighted by atomic mass is 16.5. The van der Waals surface area contributed by atoms with Crippen LogP contribution in [0.1, 0.15) is 25.8 Å². The molecule has 160 valence electrons.